The van der Waals surface area contributed by atoms with Gasteiger partial charge in [0.15, 0.2) is 0 Å². The molecular formula is C12H14N4OS. The molecule has 1 saturated heterocycles. The molecule has 3 N–H and O–H groups in total. The van der Waals surface area contributed by atoms with E-state index in [1.165, 1.54) is 11.5 Å². The molecule has 0 aromatic carbocycles. The summed E-state index contributed by atoms with van der Waals surface area (Å²) in [4.78, 5) is 4.12. The van der Waals surface area contributed by atoms with Gasteiger partial charge in [0.2, 0.25) is 0 Å². The third-order valence-electron chi connectivity index (χ3n) is 2.93. The zero-order valence-corrected chi connectivity index (χ0v) is 10.6. The van der Waals surface area contributed by atoms with Crippen LogP contribution in [0.25, 0.3) is 11.1 Å². The molecule has 0 saturated carbocycles. The number of nitrogens with zero attached hydrogens (tertiary/aromatic N) is 2. The van der Waals surface area contributed by atoms with Crippen LogP contribution in [0.15, 0.2) is 24.5 Å². The molecule has 2 aromatic rings. The zero-order valence-electron chi connectivity index (χ0n) is 9.80. The molecule has 6 heteroatoms. The van der Waals surface area contributed by atoms with Gasteiger partial charge < -0.3 is 15.8 Å². The lowest BCUT2D eigenvalue weighted by molar-refractivity contribution is 0.195. The normalized spacial score (nSPS) is 19.0. The van der Waals surface area contributed by atoms with Crippen molar-refractivity contribution < 1.29 is 4.74 Å². The van der Waals surface area contributed by atoms with Crippen molar-refractivity contribution in [1.82, 2.24) is 9.36 Å². The van der Waals surface area contributed by atoms with Crippen molar-refractivity contribution in [2.24, 2.45) is 0 Å². The average molecular weight is 262 g/mol. The van der Waals surface area contributed by atoms with Gasteiger partial charge in [-0.3, -0.25) is 4.98 Å². The molecule has 2 aromatic heterocycles. The van der Waals surface area contributed by atoms with Gasteiger partial charge in [-0.2, -0.15) is 4.37 Å². The van der Waals surface area contributed by atoms with E-state index in [4.69, 9.17) is 10.5 Å². The molecule has 1 fully saturated rings. The van der Waals surface area contributed by atoms with E-state index >= 15 is 0 Å². The van der Waals surface area contributed by atoms with Crippen LogP contribution in [0.4, 0.5) is 10.8 Å². The molecule has 0 amide bonds. The highest BCUT2D eigenvalue weighted by Gasteiger charge is 2.20. The number of aromatic nitrogens is 2. The number of hydrogen-bond donors (Lipinski definition) is 2. The fourth-order valence-electron chi connectivity index (χ4n) is 2.02. The third kappa shape index (κ3) is 2.16. The maximum Gasteiger partial charge on any atom is 0.147 e. The Hall–Kier alpha value is -1.66. The molecule has 0 spiro atoms. The molecule has 1 aliphatic rings. The second-order valence-corrected chi connectivity index (χ2v) is 4.99. The first kappa shape index (κ1) is 11.4. The first-order chi connectivity index (χ1) is 8.84. The van der Waals surface area contributed by atoms with Crippen LogP contribution < -0.4 is 11.1 Å². The second kappa shape index (κ2) is 4.91. The van der Waals surface area contributed by atoms with Crippen LogP contribution in [0, 0.1) is 0 Å². The Kier molecular flexibility index (Phi) is 3.12. The predicted octanol–water partition coefficient (Wildman–Crippen LogP) is 1.99. The number of hydrogen-bond acceptors (Lipinski definition) is 6. The standard InChI is InChI=1S/C12H14N4OS/c13-11-10(8-2-1-4-14-6-8)12(18-16-11)15-9-3-5-17-7-9/h1-2,4,6,9,15H,3,5,7H2,(H2,13,16). The van der Waals surface area contributed by atoms with E-state index in [0.717, 1.165) is 35.8 Å². The van der Waals surface area contributed by atoms with Gasteiger partial charge in [-0.15, -0.1) is 0 Å². The second-order valence-electron chi connectivity index (χ2n) is 4.22. The molecule has 0 bridgehead atoms. The van der Waals surface area contributed by atoms with Crippen LogP contribution in [0.2, 0.25) is 0 Å². The summed E-state index contributed by atoms with van der Waals surface area (Å²) in [5.41, 5.74) is 7.88. The summed E-state index contributed by atoms with van der Waals surface area (Å²) in [7, 11) is 0. The SMILES string of the molecule is Nc1nsc(NC2CCOC2)c1-c1cccnc1. The number of ether oxygens (including phenoxy) is 1. The minimum Gasteiger partial charge on any atom is -0.382 e. The number of nitrogens with one attached hydrogen (secondary N) is 1. The summed E-state index contributed by atoms with van der Waals surface area (Å²) in [6, 6.07) is 4.23. The van der Waals surface area contributed by atoms with Crippen LogP contribution in [0.3, 0.4) is 0 Å². The van der Waals surface area contributed by atoms with Crippen LogP contribution in [0.1, 0.15) is 6.42 Å². The highest BCUT2D eigenvalue weighted by atomic mass is 32.1. The lowest BCUT2D eigenvalue weighted by Crippen LogP contribution is -2.18. The first-order valence-corrected chi connectivity index (χ1v) is 6.62. The Balaban J connectivity index is 1.91. The average Bonchev–Trinajstić information content (AvgIpc) is 3.02. The highest BCUT2D eigenvalue weighted by molar-refractivity contribution is 7.11. The Bertz CT molecular complexity index is 522. The summed E-state index contributed by atoms with van der Waals surface area (Å²) in [6.45, 7) is 1.55. The summed E-state index contributed by atoms with van der Waals surface area (Å²) in [5.74, 6) is 0.550. The van der Waals surface area contributed by atoms with Gasteiger partial charge in [-0.05, 0) is 24.0 Å². The number of pyridine rings is 1. The minimum atomic E-state index is 0.347. The number of anilines is 2. The van der Waals surface area contributed by atoms with Crippen molar-refractivity contribution in [3.63, 3.8) is 0 Å². The topological polar surface area (TPSA) is 73.1 Å². The molecule has 0 radical (unpaired) electrons. The van der Waals surface area contributed by atoms with Crippen LogP contribution in [-0.4, -0.2) is 28.6 Å². The third-order valence-corrected chi connectivity index (χ3v) is 3.73. The lowest BCUT2D eigenvalue weighted by atomic mass is 10.1. The molecule has 1 atom stereocenters. The summed E-state index contributed by atoms with van der Waals surface area (Å²) >= 11 is 1.39. The van der Waals surface area contributed by atoms with Gasteiger partial charge in [0.1, 0.15) is 10.8 Å². The van der Waals surface area contributed by atoms with Crippen molar-refractivity contribution >= 4 is 22.4 Å². The maximum atomic E-state index is 5.95. The van der Waals surface area contributed by atoms with Gasteiger partial charge in [0, 0.05) is 24.6 Å². The lowest BCUT2D eigenvalue weighted by Gasteiger charge is -2.11. The summed E-state index contributed by atoms with van der Waals surface area (Å²) < 4.78 is 9.58. The minimum absolute atomic E-state index is 0.347. The monoisotopic (exact) mass is 262 g/mol. The molecule has 1 unspecified atom stereocenters. The summed E-state index contributed by atoms with van der Waals surface area (Å²) in [5, 5.41) is 4.45. The van der Waals surface area contributed by atoms with Crippen molar-refractivity contribution in [2.45, 2.75) is 12.5 Å². The molecule has 18 heavy (non-hydrogen) atoms. The Morgan fingerprint density at radius 1 is 1.50 bits per heavy atom. The molecule has 3 rings (SSSR count). The van der Waals surface area contributed by atoms with Crippen LogP contribution in [0.5, 0.6) is 0 Å². The number of rotatable bonds is 3. The van der Waals surface area contributed by atoms with E-state index < -0.39 is 0 Å². The number of nitrogen functional groups attached to an aromatic ring is 1. The van der Waals surface area contributed by atoms with E-state index in [1.807, 2.05) is 12.1 Å². The quantitative estimate of drug-likeness (QED) is 0.885. The van der Waals surface area contributed by atoms with E-state index in [1.54, 1.807) is 12.4 Å². The zero-order chi connectivity index (χ0) is 12.4. The fraction of sp³-hybridized carbons (Fsp3) is 0.333. The molecule has 94 valence electrons. The maximum absolute atomic E-state index is 5.95. The van der Waals surface area contributed by atoms with Gasteiger partial charge in [-0.1, -0.05) is 6.07 Å². The fourth-order valence-corrected chi connectivity index (χ4v) is 2.84. The van der Waals surface area contributed by atoms with E-state index in [2.05, 4.69) is 14.7 Å². The smallest absolute Gasteiger partial charge is 0.147 e. The van der Waals surface area contributed by atoms with Gasteiger partial charge in [0.25, 0.3) is 0 Å². The largest absolute Gasteiger partial charge is 0.382 e. The van der Waals surface area contributed by atoms with Gasteiger partial charge in [-0.25, -0.2) is 0 Å². The molecule has 0 aliphatic carbocycles. The molecule has 1 aliphatic heterocycles. The molecule has 5 nitrogen and oxygen atoms in total. The summed E-state index contributed by atoms with van der Waals surface area (Å²) in [6.07, 6.45) is 4.57. The van der Waals surface area contributed by atoms with Crippen molar-refractivity contribution in [3.8, 4) is 11.1 Å². The Morgan fingerprint density at radius 3 is 3.17 bits per heavy atom. The Morgan fingerprint density at radius 2 is 2.44 bits per heavy atom. The number of nitrogens with two attached hydrogens (primary N) is 1. The molecular weight excluding hydrogens is 248 g/mol. The van der Waals surface area contributed by atoms with Crippen LogP contribution in [-0.2, 0) is 4.74 Å². The van der Waals surface area contributed by atoms with E-state index in [0.29, 0.717) is 11.9 Å². The van der Waals surface area contributed by atoms with Crippen molar-refractivity contribution in [3.05, 3.63) is 24.5 Å². The van der Waals surface area contributed by atoms with Crippen molar-refractivity contribution in [2.75, 3.05) is 24.3 Å². The van der Waals surface area contributed by atoms with Gasteiger partial charge >= 0.3 is 0 Å². The van der Waals surface area contributed by atoms with Crippen molar-refractivity contribution in [1.29, 1.82) is 0 Å². The van der Waals surface area contributed by atoms with Gasteiger partial charge in [0.05, 0.1) is 18.2 Å². The van der Waals surface area contributed by atoms with Crippen LogP contribution >= 0.6 is 11.5 Å². The Labute approximate surface area is 109 Å². The highest BCUT2D eigenvalue weighted by Crippen LogP contribution is 2.37. The van der Waals surface area contributed by atoms with E-state index in [-0.39, 0.29) is 0 Å². The molecule has 3 heterocycles. The predicted molar refractivity (Wildman–Crippen MR) is 72.6 cm³/mol. The van der Waals surface area contributed by atoms with E-state index in [9.17, 15) is 0 Å². The first-order valence-electron chi connectivity index (χ1n) is 5.84.